The zero-order valence-corrected chi connectivity index (χ0v) is 15.2. The Labute approximate surface area is 157 Å². The minimum Gasteiger partial charge on any atom is -0.491 e. The van der Waals surface area contributed by atoms with Gasteiger partial charge in [0.15, 0.2) is 0 Å². The molecule has 2 aromatic carbocycles. The van der Waals surface area contributed by atoms with Crippen molar-refractivity contribution in [2.24, 2.45) is 0 Å². The van der Waals surface area contributed by atoms with Crippen molar-refractivity contribution in [2.75, 3.05) is 6.61 Å². The van der Waals surface area contributed by atoms with E-state index in [-0.39, 0.29) is 18.8 Å². The molecule has 0 amide bonds. The third-order valence-electron chi connectivity index (χ3n) is 4.31. The molecule has 140 valence electrons. The van der Waals surface area contributed by atoms with Crippen molar-refractivity contribution in [1.29, 1.82) is 0 Å². The van der Waals surface area contributed by atoms with Crippen LogP contribution in [0.3, 0.4) is 0 Å². The van der Waals surface area contributed by atoms with Gasteiger partial charge in [-0.05, 0) is 37.1 Å². The summed E-state index contributed by atoms with van der Waals surface area (Å²) in [6, 6.07) is 17.6. The van der Waals surface area contributed by atoms with Gasteiger partial charge in [-0.25, -0.2) is 0 Å². The maximum atomic E-state index is 11.0. The van der Waals surface area contributed by atoms with Crippen LogP contribution in [-0.2, 0) is 6.54 Å². The Balaban J connectivity index is 1.59. The molecule has 3 aromatic rings. The topological polar surface area (TPSA) is 90.4 Å². The Kier molecular flexibility index (Phi) is 5.52. The lowest BCUT2D eigenvalue weighted by atomic mass is 10.1. The number of hydrogen-bond acceptors (Lipinski definition) is 5. The summed E-state index contributed by atoms with van der Waals surface area (Å²) in [5, 5.41) is 25.4. The predicted molar refractivity (Wildman–Crippen MR) is 102 cm³/mol. The molecule has 27 heavy (non-hydrogen) atoms. The quantitative estimate of drug-likeness (QED) is 0.510. The second kappa shape index (κ2) is 8.01. The van der Waals surface area contributed by atoms with E-state index in [9.17, 15) is 15.2 Å². The molecule has 7 nitrogen and oxygen atoms in total. The van der Waals surface area contributed by atoms with E-state index in [0.29, 0.717) is 17.1 Å². The van der Waals surface area contributed by atoms with E-state index in [1.54, 1.807) is 13.8 Å². The van der Waals surface area contributed by atoms with Gasteiger partial charge in [0.25, 0.3) is 0 Å². The van der Waals surface area contributed by atoms with Gasteiger partial charge in [0.2, 0.25) is 0 Å². The number of aliphatic hydroxyl groups excluding tert-OH is 1. The maximum Gasteiger partial charge on any atom is 0.312 e. The second-order valence-corrected chi connectivity index (χ2v) is 6.31. The van der Waals surface area contributed by atoms with Crippen molar-refractivity contribution in [3.8, 4) is 16.9 Å². The molecular weight excluding hydrogens is 346 g/mol. The maximum absolute atomic E-state index is 11.0. The number of aryl methyl sites for hydroxylation is 1. The number of ether oxygens (including phenoxy) is 1. The first-order chi connectivity index (χ1) is 13.0. The van der Waals surface area contributed by atoms with Gasteiger partial charge in [-0.1, -0.05) is 42.5 Å². The van der Waals surface area contributed by atoms with Gasteiger partial charge in [-0.15, -0.1) is 0 Å². The molecular formula is C20H21N3O4. The van der Waals surface area contributed by atoms with E-state index in [1.165, 1.54) is 4.68 Å². The average molecular weight is 367 g/mol. The van der Waals surface area contributed by atoms with Gasteiger partial charge in [0.05, 0.1) is 11.5 Å². The Hall–Kier alpha value is -3.19. The number of nitrogens with zero attached hydrogens (tertiary/aromatic N) is 3. The van der Waals surface area contributed by atoms with E-state index < -0.39 is 11.0 Å². The molecule has 3 rings (SSSR count). The molecule has 1 N–H and O–H groups in total. The van der Waals surface area contributed by atoms with Crippen molar-refractivity contribution in [3.63, 3.8) is 0 Å². The van der Waals surface area contributed by atoms with Crippen LogP contribution >= 0.6 is 0 Å². The van der Waals surface area contributed by atoms with Gasteiger partial charge in [0, 0.05) is 0 Å². The molecule has 0 aliphatic rings. The van der Waals surface area contributed by atoms with Crippen LogP contribution in [-0.4, -0.2) is 32.5 Å². The van der Waals surface area contributed by atoms with E-state index in [4.69, 9.17) is 4.74 Å². The largest absolute Gasteiger partial charge is 0.491 e. The molecule has 0 spiro atoms. The Morgan fingerprint density at radius 2 is 1.74 bits per heavy atom. The number of rotatable bonds is 7. The van der Waals surface area contributed by atoms with Crippen molar-refractivity contribution < 1.29 is 14.8 Å². The normalized spacial score (nSPS) is 12.0. The summed E-state index contributed by atoms with van der Waals surface area (Å²) in [6.45, 7) is 3.40. The van der Waals surface area contributed by atoms with Gasteiger partial charge < -0.3 is 9.84 Å². The van der Waals surface area contributed by atoms with Crippen LogP contribution < -0.4 is 4.74 Å². The molecule has 1 heterocycles. The fourth-order valence-corrected chi connectivity index (χ4v) is 2.95. The fourth-order valence-electron chi connectivity index (χ4n) is 2.95. The van der Waals surface area contributed by atoms with Crippen LogP contribution in [0, 0.1) is 24.0 Å². The van der Waals surface area contributed by atoms with Crippen molar-refractivity contribution in [2.45, 2.75) is 26.5 Å². The SMILES string of the molecule is Cc1nn(CC(O)COc2ccc(-c3ccccc3)cc2)c(C)c1[N+](=O)[O-]. The second-order valence-electron chi connectivity index (χ2n) is 6.31. The molecule has 1 atom stereocenters. The first-order valence-electron chi connectivity index (χ1n) is 8.60. The number of aromatic nitrogens is 2. The number of hydrogen-bond donors (Lipinski definition) is 1. The Bertz CT molecular complexity index is 920. The van der Waals surface area contributed by atoms with Crippen molar-refractivity contribution in [1.82, 2.24) is 9.78 Å². The summed E-state index contributed by atoms with van der Waals surface area (Å²) in [7, 11) is 0. The Morgan fingerprint density at radius 3 is 2.33 bits per heavy atom. The smallest absolute Gasteiger partial charge is 0.312 e. The van der Waals surface area contributed by atoms with Gasteiger partial charge in [-0.3, -0.25) is 14.8 Å². The lowest BCUT2D eigenvalue weighted by molar-refractivity contribution is -0.386. The zero-order valence-electron chi connectivity index (χ0n) is 15.2. The molecule has 0 aliphatic heterocycles. The summed E-state index contributed by atoms with van der Waals surface area (Å²) in [6.07, 6.45) is -0.837. The lowest BCUT2D eigenvalue weighted by Crippen LogP contribution is -2.24. The molecule has 1 unspecified atom stereocenters. The minimum absolute atomic E-state index is 0.0142. The summed E-state index contributed by atoms with van der Waals surface area (Å²) in [5.74, 6) is 0.646. The van der Waals surface area contributed by atoms with Crippen LogP contribution in [0.25, 0.3) is 11.1 Å². The lowest BCUT2D eigenvalue weighted by Gasteiger charge is -2.13. The summed E-state index contributed by atoms with van der Waals surface area (Å²) < 4.78 is 7.07. The van der Waals surface area contributed by atoms with Gasteiger partial charge in [-0.2, -0.15) is 5.10 Å². The number of aliphatic hydroxyl groups is 1. The van der Waals surface area contributed by atoms with Gasteiger partial charge >= 0.3 is 5.69 Å². The first-order valence-corrected chi connectivity index (χ1v) is 8.60. The minimum atomic E-state index is -0.837. The van der Waals surface area contributed by atoms with E-state index in [0.717, 1.165) is 11.1 Å². The third-order valence-corrected chi connectivity index (χ3v) is 4.31. The highest BCUT2D eigenvalue weighted by molar-refractivity contribution is 5.63. The number of benzene rings is 2. The summed E-state index contributed by atoms with van der Waals surface area (Å²) in [4.78, 5) is 10.6. The van der Waals surface area contributed by atoms with Crippen molar-refractivity contribution >= 4 is 5.69 Å². The zero-order chi connectivity index (χ0) is 19.4. The first kappa shape index (κ1) is 18.6. The van der Waals surface area contributed by atoms with E-state index in [2.05, 4.69) is 5.10 Å². The standard InChI is InChI=1S/C20H21N3O4/c1-14-20(23(25)26)15(2)22(21-14)12-18(24)13-27-19-10-8-17(9-11-19)16-6-4-3-5-7-16/h3-11,18,24H,12-13H2,1-2H3. The van der Waals surface area contributed by atoms with Crippen LogP contribution in [0.2, 0.25) is 0 Å². The highest BCUT2D eigenvalue weighted by Gasteiger charge is 2.22. The van der Waals surface area contributed by atoms with Crippen LogP contribution in [0.4, 0.5) is 5.69 Å². The van der Waals surface area contributed by atoms with Crippen LogP contribution in [0.1, 0.15) is 11.4 Å². The molecule has 7 heteroatoms. The van der Waals surface area contributed by atoms with E-state index in [1.807, 2.05) is 54.6 Å². The van der Waals surface area contributed by atoms with Gasteiger partial charge in [0.1, 0.15) is 29.8 Å². The molecule has 0 saturated heterocycles. The van der Waals surface area contributed by atoms with Crippen LogP contribution in [0.5, 0.6) is 5.75 Å². The Morgan fingerprint density at radius 1 is 1.11 bits per heavy atom. The third kappa shape index (κ3) is 4.32. The summed E-state index contributed by atoms with van der Waals surface area (Å²) >= 11 is 0. The average Bonchev–Trinajstić information content (AvgIpc) is 2.94. The van der Waals surface area contributed by atoms with E-state index >= 15 is 0 Å². The number of nitro groups is 1. The summed E-state index contributed by atoms with van der Waals surface area (Å²) in [5.41, 5.74) is 2.94. The predicted octanol–water partition coefficient (Wildman–Crippen LogP) is 3.52. The van der Waals surface area contributed by atoms with Crippen LogP contribution in [0.15, 0.2) is 54.6 Å². The van der Waals surface area contributed by atoms with Crippen molar-refractivity contribution in [3.05, 3.63) is 76.1 Å². The highest BCUT2D eigenvalue weighted by Crippen LogP contribution is 2.23. The molecule has 0 aliphatic carbocycles. The highest BCUT2D eigenvalue weighted by atomic mass is 16.6. The molecule has 1 aromatic heterocycles. The molecule has 0 radical (unpaired) electrons. The molecule has 0 saturated carbocycles. The molecule has 0 bridgehead atoms. The fraction of sp³-hybridized carbons (Fsp3) is 0.250. The monoisotopic (exact) mass is 367 g/mol. The molecule has 0 fully saturated rings.